The molecule has 11 heavy (non-hydrogen) atoms. The zero-order valence-corrected chi connectivity index (χ0v) is 9.67. The van der Waals surface area contributed by atoms with E-state index in [0.717, 1.165) is 9.73 Å². The Labute approximate surface area is 77.8 Å². The van der Waals surface area contributed by atoms with Crippen molar-refractivity contribution >= 4 is 9.73 Å². The van der Waals surface area contributed by atoms with Gasteiger partial charge in [0, 0.05) is 0 Å². The molecule has 0 aliphatic rings. The second-order valence-corrected chi connectivity index (χ2v) is 3.88. The van der Waals surface area contributed by atoms with Crippen LogP contribution in [0.2, 0.25) is 0 Å². The van der Waals surface area contributed by atoms with Crippen molar-refractivity contribution in [1.29, 1.82) is 0 Å². The second kappa shape index (κ2) is 5.39. The minimum absolute atomic E-state index is 0.0696. The van der Waals surface area contributed by atoms with E-state index in [-0.39, 0.29) is 6.61 Å². The van der Waals surface area contributed by atoms with Crippen LogP contribution in [0.4, 0.5) is 0 Å². The Morgan fingerprint density at radius 3 is 2.55 bits per heavy atom. The van der Waals surface area contributed by atoms with E-state index in [1.807, 2.05) is 19.0 Å². The van der Waals surface area contributed by atoms with Gasteiger partial charge in [-0.3, -0.25) is 0 Å². The van der Waals surface area contributed by atoms with E-state index in [1.165, 1.54) is 25.6 Å². The van der Waals surface area contributed by atoms with E-state index in [9.17, 15) is 0 Å². The molecule has 0 fully saturated rings. The first-order valence-electron chi connectivity index (χ1n) is 3.13. The third-order valence-corrected chi connectivity index (χ3v) is 2.15. The molecule has 1 N–H and O–H groups in total. The van der Waals surface area contributed by atoms with Gasteiger partial charge in [0.1, 0.15) is 0 Å². The Morgan fingerprint density at radius 2 is 2.27 bits per heavy atom. The Kier molecular flexibility index (Phi) is 5.25. The van der Waals surface area contributed by atoms with Gasteiger partial charge in [-0.15, -0.1) is 0 Å². The van der Waals surface area contributed by atoms with Crippen LogP contribution in [-0.2, 0) is 19.4 Å². The molecule has 0 spiro atoms. The summed E-state index contributed by atoms with van der Waals surface area (Å²) in [6.45, 7) is 3.57. The molecule has 3 nitrogen and oxygen atoms in total. The van der Waals surface area contributed by atoms with Crippen LogP contribution < -0.4 is 0 Å². The summed E-state index contributed by atoms with van der Waals surface area (Å²) in [7, 11) is 3.78. The zero-order chi connectivity index (χ0) is 8.85. The number of amidine groups is 1. The number of aliphatic imine (C=N–C) groups is 1. The molecule has 62 valence electrons. The zero-order valence-electron chi connectivity index (χ0n) is 6.74. The summed E-state index contributed by atoms with van der Waals surface area (Å²) in [5, 5.41) is 8.82. The average Bonchev–Trinajstić information content (AvgIpc) is 1.98. The van der Waals surface area contributed by atoms with Crippen molar-refractivity contribution in [2.45, 2.75) is 0 Å². The molecule has 0 unspecified atom stereocenters. The van der Waals surface area contributed by atoms with E-state index in [0.29, 0.717) is 0 Å². The fourth-order valence-corrected chi connectivity index (χ4v) is 1.44. The molecular weight excluding hydrogens is 312 g/mol. The monoisotopic (exact) mass is 324 g/mol. The molecule has 0 saturated carbocycles. The first-order chi connectivity index (χ1) is 5.13. The van der Waals surface area contributed by atoms with Crippen molar-refractivity contribution in [2.24, 2.45) is 4.99 Å². The molecule has 0 aliphatic carbocycles. The number of nitrogens with zero attached hydrogens (tertiary/aromatic N) is 2. The summed E-state index contributed by atoms with van der Waals surface area (Å²) in [6.07, 6.45) is 1.48. The van der Waals surface area contributed by atoms with Gasteiger partial charge in [0.2, 0.25) is 0 Å². The fraction of sp³-hybridized carbons (Fsp3) is 0.429. The molecular formula is C7H12N2OW. The first kappa shape index (κ1) is 10.7. The quantitative estimate of drug-likeness (QED) is 0.577. The maximum absolute atomic E-state index is 8.82. The van der Waals surface area contributed by atoms with Crippen LogP contribution in [0, 0.1) is 0 Å². The van der Waals surface area contributed by atoms with Crippen LogP contribution >= 0.6 is 0 Å². The number of aliphatic hydroxyl groups is 1. The van der Waals surface area contributed by atoms with Gasteiger partial charge in [-0.2, -0.15) is 0 Å². The summed E-state index contributed by atoms with van der Waals surface area (Å²) >= 11 is 1.23. The molecule has 0 aromatic heterocycles. The number of hydrogen-bond acceptors (Lipinski definition) is 2. The summed E-state index contributed by atoms with van der Waals surface area (Å²) in [5.74, 6) is 0.803. The molecule has 0 aromatic carbocycles. The van der Waals surface area contributed by atoms with E-state index >= 15 is 0 Å². The Balaban J connectivity index is 4.47. The second-order valence-electron chi connectivity index (χ2n) is 2.11. The van der Waals surface area contributed by atoms with Crippen LogP contribution in [-0.4, -0.2) is 40.4 Å². The van der Waals surface area contributed by atoms with Gasteiger partial charge in [0.15, 0.2) is 0 Å². The minimum atomic E-state index is 0.0696. The van der Waals surface area contributed by atoms with Crippen molar-refractivity contribution < 1.29 is 24.5 Å². The van der Waals surface area contributed by atoms with E-state index in [2.05, 4.69) is 11.6 Å². The third-order valence-electron chi connectivity index (χ3n) is 1.03. The molecule has 0 heterocycles. The van der Waals surface area contributed by atoms with Crippen molar-refractivity contribution in [2.75, 3.05) is 20.7 Å². The Hall–Kier alpha value is -0.272. The van der Waals surface area contributed by atoms with Crippen molar-refractivity contribution in [3.8, 4) is 0 Å². The van der Waals surface area contributed by atoms with Crippen LogP contribution in [0.1, 0.15) is 0 Å². The van der Waals surface area contributed by atoms with Gasteiger partial charge >= 0.3 is 77.6 Å². The van der Waals surface area contributed by atoms with E-state index < -0.39 is 0 Å². The van der Waals surface area contributed by atoms with Crippen LogP contribution in [0.3, 0.4) is 0 Å². The Morgan fingerprint density at radius 1 is 1.73 bits per heavy atom. The van der Waals surface area contributed by atoms with Crippen LogP contribution in [0.25, 0.3) is 0 Å². The van der Waals surface area contributed by atoms with Crippen molar-refractivity contribution in [3.05, 3.63) is 12.8 Å². The summed E-state index contributed by atoms with van der Waals surface area (Å²) in [6, 6.07) is 0. The van der Waals surface area contributed by atoms with Gasteiger partial charge in [-0.25, -0.2) is 0 Å². The maximum atomic E-state index is 8.82. The predicted molar refractivity (Wildman–Crippen MR) is 43.4 cm³/mol. The average molecular weight is 324 g/mol. The van der Waals surface area contributed by atoms with Gasteiger partial charge in [-0.05, 0) is 0 Å². The number of hydrogen-bond donors (Lipinski definition) is 1. The molecule has 0 atom stereocenters. The van der Waals surface area contributed by atoms with E-state index in [1.54, 1.807) is 0 Å². The normalized spacial score (nSPS) is 11.0. The first-order valence-corrected chi connectivity index (χ1v) is 4.60. The van der Waals surface area contributed by atoms with Crippen molar-refractivity contribution in [3.63, 3.8) is 0 Å². The summed E-state index contributed by atoms with van der Waals surface area (Å²) in [5.41, 5.74) is 0. The van der Waals surface area contributed by atoms with Crippen LogP contribution in [0.5, 0.6) is 0 Å². The van der Waals surface area contributed by atoms with Crippen molar-refractivity contribution in [1.82, 2.24) is 4.90 Å². The molecule has 0 bridgehead atoms. The molecule has 0 amide bonds. The van der Waals surface area contributed by atoms with Gasteiger partial charge in [0.05, 0.1) is 0 Å². The van der Waals surface area contributed by atoms with E-state index in [4.69, 9.17) is 5.11 Å². The summed E-state index contributed by atoms with van der Waals surface area (Å²) < 4.78 is 0.926. The third kappa shape index (κ3) is 3.59. The molecule has 0 radical (unpaired) electrons. The molecule has 0 rings (SSSR count). The predicted octanol–water partition coefficient (Wildman–Crippen LogP) is -0.198. The molecule has 4 heteroatoms. The molecule has 0 saturated heterocycles. The molecule has 0 aliphatic heterocycles. The number of aliphatic hydroxyl groups excluding tert-OH is 1. The van der Waals surface area contributed by atoms with Crippen LogP contribution in [0.15, 0.2) is 17.8 Å². The van der Waals surface area contributed by atoms with Gasteiger partial charge in [0.25, 0.3) is 0 Å². The van der Waals surface area contributed by atoms with Gasteiger partial charge < -0.3 is 0 Å². The topological polar surface area (TPSA) is 35.8 Å². The number of rotatable bonds is 3. The van der Waals surface area contributed by atoms with Gasteiger partial charge in [-0.1, -0.05) is 0 Å². The summed E-state index contributed by atoms with van der Waals surface area (Å²) in [4.78, 5) is 5.89. The fourth-order valence-electron chi connectivity index (χ4n) is 0.594. The SMILES string of the molecule is C=CN=C([C](=[W])CO)N(C)C. The standard InChI is InChI=1S/C7H12N2O.W/c1-4-8-7(5-6-10)9(2)3;/h4,10H,1,6H2,2-3H3;. The Bertz CT molecular complexity index is 187. The molecule has 0 aromatic rings.